The number of pyridine rings is 1. The first-order valence-corrected chi connectivity index (χ1v) is 9.27. The van der Waals surface area contributed by atoms with Crippen molar-refractivity contribution in [1.29, 1.82) is 0 Å². The zero-order valence-corrected chi connectivity index (χ0v) is 14.1. The molecule has 2 fully saturated rings. The minimum Gasteiger partial charge on any atom is -0.477 e. The number of thioether (sulfide) groups is 1. The van der Waals surface area contributed by atoms with Gasteiger partial charge in [-0.1, -0.05) is 0 Å². The Labute approximate surface area is 146 Å². The monoisotopic (exact) mass is 366 g/mol. The molecule has 0 radical (unpaired) electrons. The number of halogens is 2. The Morgan fingerprint density at radius 1 is 1.24 bits per heavy atom. The molecule has 1 aliphatic heterocycles. The van der Waals surface area contributed by atoms with Gasteiger partial charge in [-0.25, -0.2) is 13.6 Å². The van der Waals surface area contributed by atoms with Crippen LogP contribution in [-0.4, -0.2) is 40.2 Å². The first kappa shape index (κ1) is 16.4. The Balaban J connectivity index is 2.02. The molecule has 0 spiro atoms. The smallest absolute Gasteiger partial charge is 0.341 e. The molecular formula is C17H16F2N2O3S. The number of benzene rings is 1. The molecule has 25 heavy (non-hydrogen) atoms. The highest BCUT2D eigenvalue weighted by Crippen LogP contribution is 2.39. The van der Waals surface area contributed by atoms with Crippen LogP contribution < -0.4 is 10.3 Å². The molecule has 8 heteroatoms. The molecule has 1 saturated heterocycles. The Hall–Kier alpha value is -2.09. The number of aromatic carboxylic acids is 1. The molecule has 1 aromatic heterocycles. The van der Waals surface area contributed by atoms with Gasteiger partial charge in [-0.3, -0.25) is 4.79 Å². The lowest BCUT2D eigenvalue weighted by atomic mass is 10.1. The Morgan fingerprint density at radius 3 is 2.52 bits per heavy atom. The van der Waals surface area contributed by atoms with Gasteiger partial charge < -0.3 is 14.6 Å². The highest BCUT2D eigenvalue weighted by molar-refractivity contribution is 7.99. The summed E-state index contributed by atoms with van der Waals surface area (Å²) in [5.74, 6) is -1.42. The Kier molecular flexibility index (Phi) is 3.94. The van der Waals surface area contributed by atoms with E-state index in [1.54, 1.807) is 16.7 Å². The summed E-state index contributed by atoms with van der Waals surface area (Å²) < 4.78 is 31.4. The fraction of sp³-hybridized carbons (Fsp3) is 0.412. The number of anilines is 1. The first-order chi connectivity index (χ1) is 12.0. The molecule has 1 saturated carbocycles. The lowest BCUT2D eigenvalue weighted by Crippen LogP contribution is -2.34. The lowest BCUT2D eigenvalue weighted by molar-refractivity contribution is 0.0695. The van der Waals surface area contributed by atoms with Crippen molar-refractivity contribution >= 4 is 34.3 Å². The molecule has 1 aromatic carbocycles. The van der Waals surface area contributed by atoms with Crippen molar-refractivity contribution < 1.29 is 18.7 Å². The standard InChI is InChI=1S/C17H16F2N2O3S/c18-12-7-10-14(13(19)15(12)20-3-5-25-6-4-20)21(9-1-2-9)8-11(16(10)22)17(23)24/h7-9H,1-6H2,(H,23,24). The fourth-order valence-electron chi connectivity index (χ4n) is 3.30. The molecule has 0 bridgehead atoms. The molecule has 2 heterocycles. The van der Waals surface area contributed by atoms with E-state index in [0.717, 1.165) is 30.4 Å². The summed E-state index contributed by atoms with van der Waals surface area (Å²) in [4.78, 5) is 25.4. The van der Waals surface area contributed by atoms with E-state index < -0.39 is 28.6 Å². The number of rotatable bonds is 3. The van der Waals surface area contributed by atoms with Gasteiger partial charge in [0.15, 0.2) is 5.82 Å². The van der Waals surface area contributed by atoms with Crippen molar-refractivity contribution in [3.8, 4) is 0 Å². The van der Waals surface area contributed by atoms with Crippen LogP contribution in [0.4, 0.5) is 14.5 Å². The van der Waals surface area contributed by atoms with Gasteiger partial charge in [0.05, 0.1) is 10.9 Å². The lowest BCUT2D eigenvalue weighted by Gasteiger charge is -2.29. The van der Waals surface area contributed by atoms with Gasteiger partial charge in [-0.05, 0) is 18.9 Å². The third-order valence-corrected chi connectivity index (χ3v) is 5.62. The highest BCUT2D eigenvalue weighted by atomic mass is 32.2. The molecule has 5 nitrogen and oxygen atoms in total. The van der Waals surface area contributed by atoms with Crippen LogP contribution in [0.3, 0.4) is 0 Å². The maximum Gasteiger partial charge on any atom is 0.341 e. The van der Waals surface area contributed by atoms with Crippen molar-refractivity contribution in [2.45, 2.75) is 18.9 Å². The zero-order valence-electron chi connectivity index (χ0n) is 13.3. The van der Waals surface area contributed by atoms with Crippen molar-refractivity contribution in [2.75, 3.05) is 29.5 Å². The quantitative estimate of drug-likeness (QED) is 0.905. The minimum atomic E-state index is -1.39. The van der Waals surface area contributed by atoms with Gasteiger partial charge in [0.1, 0.15) is 17.1 Å². The zero-order chi connectivity index (χ0) is 17.7. The van der Waals surface area contributed by atoms with E-state index in [2.05, 4.69) is 0 Å². The summed E-state index contributed by atoms with van der Waals surface area (Å²) in [6, 6.07) is 0.939. The van der Waals surface area contributed by atoms with Crippen LogP contribution >= 0.6 is 11.8 Å². The molecule has 0 atom stereocenters. The van der Waals surface area contributed by atoms with E-state index >= 15 is 4.39 Å². The number of aromatic nitrogens is 1. The average Bonchev–Trinajstić information content (AvgIpc) is 3.41. The van der Waals surface area contributed by atoms with E-state index in [4.69, 9.17) is 0 Å². The first-order valence-electron chi connectivity index (χ1n) is 8.12. The number of nitrogens with zero attached hydrogens (tertiary/aromatic N) is 2. The van der Waals surface area contributed by atoms with Gasteiger partial charge in [-0.2, -0.15) is 11.8 Å². The summed E-state index contributed by atoms with van der Waals surface area (Å²) >= 11 is 1.73. The molecule has 0 amide bonds. The van der Waals surface area contributed by atoms with Gasteiger partial charge in [0.25, 0.3) is 0 Å². The number of fused-ring (bicyclic) bond motifs is 1. The molecule has 2 aliphatic rings. The number of carbonyl (C=O) groups is 1. The predicted octanol–water partition coefficient (Wildman–Crippen LogP) is 2.87. The van der Waals surface area contributed by atoms with E-state index in [-0.39, 0.29) is 22.6 Å². The van der Waals surface area contributed by atoms with Crippen LogP contribution in [0, 0.1) is 11.6 Å². The fourth-order valence-corrected chi connectivity index (χ4v) is 4.20. The van der Waals surface area contributed by atoms with Crippen LogP contribution in [0.2, 0.25) is 0 Å². The largest absolute Gasteiger partial charge is 0.477 e. The van der Waals surface area contributed by atoms with E-state index in [1.807, 2.05) is 0 Å². The van der Waals surface area contributed by atoms with Gasteiger partial charge in [0, 0.05) is 36.8 Å². The van der Waals surface area contributed by atoms with Crippen LogP contribution in [0.5, 0.6) is 0 Å². The summed E-state index contributed by atoms with van der Waals surface area (Å²) in [5, 5.41) is 9.03. The van der Waals surface area contributed by atoms with Crippen molar-refractivity contribution in [3.63, 3.8) is 0 Å². The van der Waals surface area contributed by atoms with Crippen molar-refractivity contribution in [3.05, 3.63) is 39.7 Å². The third kappa shape index (κ3) is 2.68. The summed E-state index contributed by atoms with van der Waals surface area (Å²) in [7, 11) is 0. The second-order valence-electron chi connectivity index (χ2n) is 6.33. The van der Waals surface area contributed by atoms with Crippen molar-refractivity contribution in [1.82, 2.24) is 4.57 Å². The second kappa shape index (κ2) is 6.01. The maximum atomic E-state index is 15.3. The molecule has 1 N–H and O–H groups in total. The highest BCUT2D eigenvalue weighted by Gasteiger charge is 2.31. The average molecular weight is 366 g/mol. The molecule has 4 rings (SSSR count). The normalized spacial score (nSPS) is 17.9. The van der Waals surface area contributed by atoms with E-state index in [1.165, 1.54) is 10.8 Å². The van der Waals surface area contributed by atoms with E-state index in [0.29, 0.717) is 13.1 Å². The number of hydrogen-bond donors (Lipinski definition) is 1. The van der Waals surface area contributed by atoms with Crippen LogP contribution in [0.25, 0.3) is 10.9 Å². The Morgan fingerprint density at radius 2 is 1.92 bits per heavy atom. The van der Waals surface area contributed by atoms with Crippen LogP contribution in [-0.2, 0) is 0 Å². The second-order valence-corrected chi connectivity index (χ2v) is 7.56. The number of hydrogen-bond acceptors (Lipinski definition) is 4. The summed E-state index contributed by atoms with van der Waals surface area (Å²) in [5.41, 5.74) is -1.42. The number of carboxylic acid groups (broad SMARTS) is 1. The van der Waals surface area contributed by atoms with Gasteiger partial charge in [0.2, 0.25) is 5.43 Å². The molecule has 0 unspecified atom stereocenters. The summed E-state index contributed by atoms with van der Waals surface area (Å²) in [6.45, 7) is 1.07. The third-order valence-electron chi connectivity index (χ3n) is 4.68. The van der Waals surface area contributed by atoms with Crippen LogP contribution in [0.1, 0.15) is 29.2 Å². The minimum absolute atomic E-state index is 0.00660. The topological polar surface area (TPSA) is 62.5 Å². The molecular weight excluding hydrogens is 350 g/mol. The summed E-state index contributed by atoms with van der Waals surface area (Å²) in [6.07, 6.45) is 2.76. The molecule has 132 valence electrons. The van der Waals surface area contributed by atoms with Crippen LogP contribution in [0.15, 0.2) is 17.1 Å². The molecule has 2 aromatic rings. The maximum absolute atomic E-state index is 15.3. The number of carboxylic acids is 1. The van der Waals surface area contributed by atoms with Gasteiger partial charge in [-0.15, -0.1) is 0 Å². The predicted molar refractivity (Wildman–Crippen MR) is 92.9 cm³/mol. The van der Waals surface area contributed by atoms with E-state index in [9.17, 15) is 19.1 Å². The molecule has 1 aliphatic carbocycles. The SMILES string of the molecule is O=C(O)c1cn(C2CC2)c2c(F)c(N3CCSCC3)c(F)cc2c1=O. The Bertz CT molecular complexity index is 934. The van der Waals surface area contributed by atoms with Crippen molar-refractivity contribution in [2.24, 2.45) is 0 Å². The van der Waals surface area contributed by atoms with Gasteiger partial charge >= 0.3 is 5.97 Å².